The molecule has 0 radical (unpaired) electrons. The van der Waals surface area contributed by atoms with Crippen LogP contribution in [0.15, 0.2) is 58.3 Å². The number of thiazole rings is 1. The zero-order chi connectivity index (χ0) is 25.8. The first-order chi connectivity index (χ1) is 17.3. The maximum absolute atomic E-state index is 13.3. The van der Waals surface area contributed by atoms with Gasteiger partial charge in [0.15, 0.2) is 0 Å². The van der Waals surface area contributed by atoms with E-state index in [4.69, 9.17) is 9.47 Å². The molecule has 0 spiro atoms. The summed E-state index contributed by atoms with van der Waals surface area (Å²) in [5.74, 6) is -1.28. The van der Waals surface area contributed by atoms with E-state index in [9.17, 15) is 19.5 Å². The molecule has 0 fully saturated rings. The monoisotopic (exact) mass is 505 g/mol. The Morgan fingerprint density at radius 3 is 2.33 bits per heavy atom. The average molecular weight is 506 g/mol. The number of rotatable bonds is 7. The van der Waals surface area contributed by atoms with E-state index in [1.807, 2.05) is 0 Å². The van der Waals surface area contributed by atoms with Crippen molar-refractivity contribution in [3.63, 3.8) is 0 Å². The molecule has 0 aliphatic heterocycles. The topological polar surface area (TPSA) is 120 Å². The van der Waals surface area contributed by atoms with Crippen LogP contribution in [0.4, 0.5) is 5.13 Å². The second-order valence-electron chi connectivity index (χ2n) is 7.58. The van der Waals surface area contributed by atoms with Gasteiger partial charge in [0.25, 0.3) is 5.56 Å². The fourth-order valence-electron chi connectivity index (χ4n) is 3.63. The number of ether oxygens (including phenoxy) is 2. The molecule has 0 bridgehead atoms. The minimum Gasteiger partial charge on any atom is -0.494 e. The maximum Gasteiger partial charge on any atom is 0.350 e. The highest BCUT2D eigenvalue weighted by atomic mass is 32.1. The standard InChI is InChI=1S/C26H23N3O6S/c1-4-34-24(32)16-10-12-17(13-11-16)29-22(30)19-9-7-6-8-18(19)20(23(29)31)14-27-26-28-15(3)21(36-26)25(33)35-5-2/h6-14,31H,4-5H2,1-3H3/b27-14+. The Balaban J connectivity index is 1.81. The van der Waals surface area contributed by atoms with E-state index in [-0.39, 0.29) is 19.1 Å². The molecule has 184 valence electrons. The number of fused-ring (bicyclic) bond motifs is 1. The number of hydrogen-bond donors (Lipinski definition) is 1. The molecule has 36 heavy (non-hydrogen) atoms. The molecule has 0 aliphatic rings. The van der Waals surface area contributed by atoms with Crippen LogP contribution < -0.4 is 5.56 Å². The van der Waals surface area contributed by atoms with Gasteiger partial charge < -0.3 is 14.6 Å². The van der Waals surface area contributed by atoms with Crippen LogP contribution in [0.2, 0.25) is 0 Å². The van der Waals surface area contributed by atoms with Crippen molar-refractivity contribution in [2.24, 2.45) is 4.99 Å². The Morgan fingerprint density at radius 1 is 1.03 bits per heavy atom. The van der Waals surface area contributed by atoms with Crippen LogP contribution in [-0.4, -0.2) is 46.0 Å². The van der Waals surface area contributed by atoms with Crippen molar-refractivity contribution < 1.29 is 24.2 Å². The molecule has 4 aromatic rings. The predicted molar refractivity (Wildman–Crippen MR) is 137 cm³/mol. The summed E-state index contributed by atoms with van der Waals surface area (Å²) < 4.78 is 11.2. The van der Waals surface area contributed by atoms with Gasteiger partial charge in [-0.25, -0.2) is 24.1 Å². The van der Waals surface area contributed by atoms with Crippen LogP contribution in [0.3, 0.4) is 0 Å². The molecule has 0 unspecified atom stereocenters. The molecule has 1 N–H and O–H groups in total. The van der Waals surface area contributed by atoms with Gasteiger partial charge in [0.2, 0.25) is 11.0 Å². The van der Waals surface area contributed by atoms with E-state index in [1.165, 1.54) is 18.3 Å². The largest absolute Gasteiger partial charge is 0.494 e. The molecule has 0 saturated carbocycles. The molecule has 2 aromatic carbocycles. The quantitative estimate of drug-likeness (QED) is 0.289. The summed E-state index contributed by atoms with van der Waals surface area (Å²) in [7, 11) is 0. The van der Waals surface area contributed by atoms with Crippen LogP contribution >= 0.6 is 11.3 Å². The fourth-order valence-corrected chi connectivity index (χ4v) is 4.44. The highest BCUT2D eigenvalue weighted by Gasteiger charge is 2.19. The zero-order valence-electron chi connectivity index (χ0n) is 19.8. The van der Waals surface area contributed by atoms with Crippen LogP contribution in [0.25, 0.3) is 16.5 Å². The molecule has 10 heteroatoms. The highest BCUT2D eigenvalue weighted by molar-refractivity contribution is 7.17. The first-order valence-electron chi connectivity index (χ1n) is 11.2. The normalized spacial score (nSPS) is 11.2. The Hall–Kier alpha value is -4.31. The van der Waals surface area contributed by atoms with Gasteiger partial charge in [-0.05, 0) is 51.1 Å². The number of carbonyl (C=O) groups is 2. The van der Waals surface area contributed by atoms with Crippen molar-refractivity contribution in [1.82, 2.24) is 9.55 Å². The highest BCUT2D eigenvalue weighted by Crippen LogP contribution is 2.29. The number of aryl methyl sites for hydroxylation is 1. The summed E-state index contributed by atoms with van der Waals surface area (Å²) in [6.07, 6.45) is 1.41. The van der Waals surface area contributed by atoms with Crippen LogP contribution in [0.5, 0.6) is 5.88 Å². The molecule has 0 saturated heterocycles. The van der Waals surface area contributed by atoms with E-state index < -0.39 is 17.5 Å². The van der Waals surface area contributed by atoms with E-state index in [0.29, 0.717) is 43.3 Å². The molecule has 0 aliphatic carbocycles. The number of aliphatic imine (C=N–C) groups is 1. The van der Waals surface area contributed by atoms with Gasteiger partial charge in [-0.1, -0.05) is 29.5 Å². The molecule has 2 heterocycles. The summed E-state index contributed by atoms with van der Waals surface area (Å²) in [4.78, 5) is 46.4. The third kappa shape index (κ3) is 4.76. The van der Waals surface area contributed by atoms with Crippen LogP contribution in [-0.2, 0) is 9.47 Å². The van der Waals surface area contributed by atoms with E-state index in [2.05, 4.69) is 9.98 Å². The van der Waals surface area contributed by atoms with Crippen LogP contribution in [0.1, 0.15) is 45.1 Å². The third-order valence-corrected chi connectivity index (χ3v) is 6.34. The van der Waals surface area contributed by atoms with Gasteiger partial charge in [0.05, 0.1) is 35.7 Å². The first kappa shape index (κ1) is 24.8. The SMILES string of the molecule is CCOC(=O)c1ccc(-n2c(O)c(/C=N/c3nc(C)c(C(=O)OCC)s3)c3ccccc3c2=O)cc1. The molecular weight excluding hydrogens is 482 g/mol. The van der Waals surface area contributed by atoms with E-state index >= 15 is 0 Å². The minimum absolute atomic E-state index is 0.244. The molecule has 2 aromatic heterocycles. The molecular formula is C26H23N3O6S. The van der Waals surface area contributed by atoms with Gasteiger partial charge in [0.1, 0.15) is 4.88 Å². The number of aromatic hydroxyl groups is 1. The zero-order valence-corrected chi connectivity index (χ0v) is 20.7. The lowest BCUT2D eigenvalue weighted by Gasteiger charge is -2.14. The van der Waals surface area contributed by atoms with Crippen LogP contribution in [0, 0.1) is 6.92 Å². The van der Waals surface area contributed by atoms with Crippen molar-refractivity contribution in [2.75, 3.05) is 13.2 Å². The predicted octanol–water partition coefficient (Wildman–Crippen LogP) is 4.57. The number of aromatic nitrogens is 2. The van der Waals surface area contributed by atoms with Gasteiger partial charge in [-0.3, -0.25) is 4.79 Å². The number of pyridine rings is 1. The Kier molecular flexibility index (Phi) is 7.25. The summed E-state index contributed by atoms with van der Waals surface area (Å²) in [6.45, 7) is 5.62. The summed E-state index contributed by atoms with van der Waals surface area (Å²) in [5, 5.41) is 12.3. The summed E-state index contributed by atoms with van der Waals surface area (Å²) >= 11 is 1.07. The maximum atomic E-state index is 13.3. The lowest BCUT2D eigenvalue weighted by molar-refractivity contribution is 0.0518. The number of carbonyl (C=O) groups excluding carboxylic acids is 2. The second kappa shape index (κ2) is 10.5. The average Bonchev–Trinajstić information content (AvgIpc) is 3.25. The first-order valence-corrected chi connectivity index (χ1v) is 12.0. The molecule has 0 amide bonds. The number of esters is 2. The fraction of sp³-hybridized carbons (Fsp3) is 0.192. The van der Waals surface area contributed by atoms with Crippen molar-refractivity contribution in [3.05, 3.63) is 80.6 Å². The number of benzene rings is 2. The smallest absolute Gasteiger partial charge is 0.350 e. The van der Waals surface area contributed by atoms with Gasteiger partial charge in [0, 0.05) is 17.0 Å². The summed E-state index contributed by atoms with van der Waals surface area (Å²) in [6, 6.07) is 13.0. The van der Waals surface area contributed by atoms with Crippen molar-refractivity contribution >= 4 is 45.4 Å². The number of nitrogens with zero attached hydrogens (tertiary/aromatic N) is 3. The Labute approximate surface area is 210 Å². The Morgan fingerprint density at radius 2 is 1.67 bits per heavy atom. The van der Waals surface area contributed by atoms with E-state index in [1.54, 1.807) is 57.2 Å². The Bertz CT molecular complexity index is 1540. The van der Waals surface area contributed by atoms with E-state index in [0.717, 1.165) is 15.9 Å². The lowest BCUT2D eigenvalue weighted by Crippen LogP contribution is -2.20. The third-order valence-electron chi connectivity index (χ3n) is 5.29. The van der Waals surface area contributed by atoms with Crippen molar-refractivity contribution in [3.8, 4) is 11.6 Å². The minimum atomic E-state index is -0.479. The van der Waals surface area contributed by atoms with Gasteiger partial charge >= 0.3 is 11.9 Å². The lowest BCUT2D eigenvalue weighted by atomic mass is 10.1. The number of hydrogen-bond acceptors (Lipinski definition) is 9. The van der Waals surface area contributed by atoms with Crippen molar-refractivity contribution in [2.45, 2.75) is 20.8 Å². The second-order valence-corrected chi connectivity index (χ2v) is 8.56. The van der Waals surface area contributed by atoms with Crippen molar-refractivity contribution in [1.29, 1.82) is 0 Å². The van der Waals surface area contributed by atoms with Gasteiger partial charge in [-0.15, -0.1) is 0 Å². The van der Waals surface area contributed by atoms with Gasteiger partial charge in [-0.2, -0.15) is 0 Å². The molecule has 9 nitrogen and oxygen atoms in total. The molecule has 0 atom stereocenters. The molecule has 4 rings (SSSR count). The summed E-state index contributed by atoms with van der Waals surface area (Å²) in [5.41, 5.74) is 1.04.